The van der Waals surface area contributed by atoms with Gasteiger partial charge in [-0.05, 0) is 36.8 Å². The number of rotatable bonds is 4. The third kappa shape index (κ3) is 2.87. The van der Waals surface area contributed by atoms with Crippen LogP contribution in [-0.2, 0) is 21.8 Å². The third-order valence-corrected chi connectivity index (χ3v) is 4.56. The van der Waals surface area contributed by atoms with Crippen molar-refractivity contribution in [3.05, 3.63) is 35.4 Å². The van der Waals surface area contributed by atoms with Crippen molar-refractivity contribution in [2.45, 2.75) is 31.2 Å². The predicted octanol–water partition coefficient (Wildman–Crippen LogP) is 1.61. The van der Waals surface area contributed by atoms with Gasteiger partial charge in [0.15, 0.2) is 0 Å². The van der Waals surface area contributed by atoms with Gasteiger partial charge in [0.25, 0.3) is 0 Å². The highest BCUT2D eigenvalue weighted by Gasteiger charge is 2.34. The van der Waals surface area contributed by atoms with E-state index in [4.69, 9.17) is 5.73 Å². The Morgan fingerprint density at radius 3 is 2.76 bits per heavy atom. The summed E-state index contributed by atoms with van der Waals surface area (Å²) in [5.74, 6) is 0.230. The average Bonchev–Trinajstić information content (AvgIpc) is 2.56. The molecule has 0 saturated heterocycles. The van der Waals surface area contributed by atoms with Crippen LogP contribution in [0.1, 0.15) is 30.4 Å². The minimum absolute atomic E-state index is 0.230. The van der Waals surface area contributed by atoms with E-state index in [1.54, 1.807) is 0 Å². The lowest BCUT2D eigenvalue weighted by molar-refractivity contribution is 0.402. The summed E-state index contributed by atoms with van der Waals surface area (Å²) >= 11 is 0. The predicted molar refractivity (Wildman–Crippen MR) is 69.6 cm³/mol. The molecule has 0 bridgehead atoms. The molecule has 2 N–H and O–H groups in total. The van der Waals surface area contributed by atoms with E-state index in [1.807, 2.05) is 12.1 Å². The molecule has 1 atom stereocenters. The first-order valence-corrected chi connectivity index (χ1v) is 8.02. The van der Waals surface area contributed by atoms with E-state index in [0.717, 1.165) is 19.3 Å². The van der Waals surface area contributed by atoms with Crippen LogP contribution in [0, 0.1) is 0 Å². The van der Waals surface area contributed by atoms with Gasteiger partial charge in [0.05, 0.1) is 0 Å². The summed E-state index contributed by atoms with van der Waals surface area (Å²) in [6, 6.07) is 8.21. The van der Waals surface area contributed by atoms with E-state index in [1.165, 1.54) is 17.4 Å². The van der Waals surface area contributed by atoms with Crippen molar-refractivity contribution in [3.63, 3.8) is 0 Å². The van der Waals surface area contributed by atoms with Crippen molar-refractivity contribution in [2.24, 2.45) is 5.73 Å². The van der Waals surface area contributed by atoms with Gasteiger partial charge in [0.2, 0.25) is 0 Å². The molecule has 0 saturated carbocycles. The zero-order valence-corrected chi connectivity index (χ0v) is 11.0. The average molecular weight is 253 g/mol. The second-order valence-electron chi connectivity index (χ2n) is 5.05. The van der Waals surface area contributed by atoms with Gasteiger partial charge in [-0.1, -0.05) is 24.3 Å². The Labute approximate surface area is 103 Å². The minimum Gasteiger partial charge on any atom is -0.321 e. The number of nitrogens with two attached hydrogens (primary N) is 1. The summed E-state index contributed by atoms with van der Waals surface area (Å²) in [5, 5.41) is 0. The molecule has 4 heteroatoms. The van der Waals surface area contributed by atoms with E-state index in [-0.39, 0.29) is 11.3 Å². The molecule has 0 fully saturated rings. The minimum atomic E-state index is -2.88. The summed E-state index contributed by atoms with van der Waals surface area (Å²) in [7, 11) is -2.88. The van der Waals surface area contributed by atoms with Crippen molar-refractivity contribution in [1.82, 2.24) is 0 Å². The monoisotopic (exact) mass is 253 g/mol. The Morgan fingerprint density at radius 2 is 2.06 bits per heavy atom. The highest BCUT2D eigenvalue weighted by molar-refractivity contribution is 7.90. The zero-order chi connectivity index (χ0) is 12.5. The molecule has 94 valence electrons. The highest BCUT2D eigenvalue weighted by atomic mass is 32.2. The first kappa shape index (κ1) is 12.6. The molecule has 0 heterocycles. The van der Waals surface area contributed by atoms with Crippen LogP contribution in [0.5, 0.6) is 0 Å². The molecule has 3 nitrogen and oxygen atoms in total. The Kier molecular flexibility index (Phi) is 3.27. The van der Waals surface area contributed by atoms with Crippen LogP contribution in [0.3, 0.4) is 0 Å². The molecule has 1 aliphatic rings. The van der Waals surface area contributed by atoms with Crippen molar-refractivity contribution in [2.75, 3.05) is 12.0 Å². The van der Waals surface area contributed by atoms with Gasteiger partial charge in [0, 0.05) is 17.5 Å². The number of hydrogen-bond donors (Lipinski definition) is 1. The summed E-state index contributed by atoms with van der Waals surface area (Å²) in [5.41, 5.74) is 8.60. The van der Waals surface area contributed by atoms with Crippen LogP contribution < -0.4 is 5.73 Å². The summed E-state index contributed by atoms with van der Waals surface area (Å²) in [6.45, 7) is 0. The van der Waals surface area contributed by atoms with Crippen molar-refractivity contribution in [1.29, 1.82) is 0 Å². The van der Waals surface area contributed by atoms with Gasteiger partial charge in [0.1, 0.15) is 9.84 Å². The number of hydrogen-bond acceptors (Lipinski definition) is 3. The normalized spacial score (nSPS) is 23.6. The molecule has 0 aliphatic heterocycles. The van der Waals surface area contributed by atoms with Crippen LogP contribution in [0.25, 0.3) is 0 Å². The molecule has 0 aromatic heterocycles. The molecule has 0 radical (unpaired) electrons. The fourth-order valence-corrected chi connectivity index (χ4v) is 3.29. The van der Waals surface area contributed by atoms with E-state index in [9.17, 15) is 8.42 Å². The molecule has 1 unspecified atom stereocenters. The zero-order valence-electron chi connectivity index (χ0n) is 10.1. The molecule has 17 heavy (non-hydrogen) atoms. The molecular weight excluding hydrogens is 234 g/mol. The van der Waals surface area contributed by atoms with Gasteiger partial charge in [-0.25, -0.2) is 8.42 Å². The first-order chi connectivity index (χ1) is 7.91. The quantitative estimate of drug-likeness (QED) is 0.887. The topological polar surface area (TPSA) is 60.2 Å². The van der Waals surface area contributed by atoms with Crippen LogP contribution in [0.2, 0.25) is 0 Å². The largest absolute Gasteiger partial charge is 0.321 e. The fraction of sp³-hybridized carbons (Fsp3) is 0.538. The summed E-state index contributed by atoms with van der Waals surface area (Å²) < 4.78 is 22.2. The standard InChI is InChI=1S/C13H19NO2S/c1-17(15,16)10-4-8-13(14)9-7-11-5-2-3-6-12(11)13/h2-3,5-6H,4,7-10,14H2,1H3. The maximum absolute atomic E-state index is 11.1. The van der Waals surface area contributed by atoms with Gasteiger partial charge >= 0.3 is 0 Å². The number of benzene rings is 1. The van der Waals surface area contributed by atoms with E-state index in [0.29, 0.717) is 6.42 Å². The number of fused-ring (bicyclic) bond motifs is 1. The lowest BCUT2D eigenvalue weighted by Gasteiger charge is -2.25. The first-order valence-electron chi connectivity index (χ1n) is 5.96. The number of aryl methyl sites for hydroxylation is 1. The van der Waals surface area contributed by atoms with Crippen LogP contribution >= 0.6 is 0 Å². The lowest BCUT2D eigenvalue weighted by atomic mass is 9.88. The van der Waals surface area contributed by atoms with Crippen molar-refractivity contribution < 1.29 is 8.42 Å². The molecular formula is C13H19NO2S. The van der Waals surface area contributed by atoms with E-state index >= 15 is 0 Å². The third-order valence-electron chi connectivity index (χ3n) is 3.53. The SMILES string of the molecule is CS(=O)(=O)CCCC1(N)CCc2ccccc21. The van der Waals surface area contributed by atoms with E-state index < -0.39 is 9.84 Å². The second-order valence-corrected chi connectivity index (χ2v) is 7.31. The lowest BCUT2D eigenvalue weighted by Crippen LogP contribution is -2.34. The molecule has 0 amide bonds. The fourth-order valence-electron chi connectivity index (χ4n) is 2.63. The smallest absolute Gasteiger partial charge is 0.147 e. The summed E-state index contributed by atoms with van der Waals surface area (Å²) in [4.78, 5) is 0. The van der Waals surface area contributed by atoms with Gasteiger partial charge in [-0.15, -0.1) is 0 Å². The van der Waals surface area contributed by atoms with Gasteiger partial charge in [-0.2, -0.15) is 0 Å². The number of sulfone groups is 1. The van der Waals surface area contributed by atoms with Crippen molar-refractivity contribution >= 4 is 9.84 Å². The Hall–Kier alpha value is -0.870. The molecule has 1 aromatic rings. The van der Waals surface area contributed by atoms with E-state index in [2.05, 4.69) is 12.1 Å². The molecule has 1 aromatic carbocycles. The van der Waals surface area contributed by atoms with Crippen LogP contribution in [0.4, 0.5) is 0 Å². The summed E-state index contributed by atoms with van der Waals surface area (Å²) in [6.07, 6.45) is 4.60. The Bertz CT molecular complexity index is 510. The maximum Gasteiger partial charge on any atom is 0.147 e. The Morgan fingerprint density at radius 1 is 1.35 bits per heavy atom. The Balaban J connectivity index is 2.07. The van der Waals surface area contributed by atoms with Crippen molar-refractivity contribution in [3.8, 4) is 0 Å². The van der Waals surface area contributed by atoms with Gasteiger partial charge < -0.3 is 5.73 Å². The maximum atomic E-state index is 11.1. The highest BCUT2D eigenvalue weighted by Crippen LogP contribution is 2.37. The molecule has 2 rings (SSSR count). The molecule has 0 spiro atoms. The van der Waals surface area contributed by atoms with Crippen LogP contribution in [-0.4, -0.2) is 20.4 Å². The second kappa shape index (κ2) is 4.42. The molecule has 1 aliphatic carbocycles. The van der Waals surface area contributed by atoms with Gasteiger partial charge in [-0.3, -0.25) is 0 Å². The van der Waals surface area contributed by atoms with Crippen LogP contribution in [0.15, 0.2) is 24.3 Å².